The molecule has 9 heteroatoms. The van der Waals surface area contributed by atoms with Gasteiger partial charge in [-0.1, -0.05) is 5.16 Å². The van der Waals surface area contributed by atoms with Gasteiger partial charge in [-0.25, -0.2) is 0 Å². The number of hydrogen-bond acceptors (Lipinski definition) is 6. The van der Waals surface area contributed by atoms with E-state index >= 15 is 0 Å². The van der Waals surface area contributed by atoms with Gasteiger partial charge in [0.15, 0.2) is 5.82 Å². The molecule has 130 valence electrons. The van der Waals surface area contributed by atoms with Crippen LogP contribution in [0.1, 0.15) is 11.7 Å². The van der Waals surface area contributed by atoms with Gasteiger partial charge in [-0.05, 0) is 31.2 Å². The zero-order valence-corrected chi connectivity index (χ0v) is 13.4. The molecule has 0 aliphatic rings. The summed E-state index contributed by atoms with van der Waals surface area (Å²) in [6.07, 6.45) is 1.69. The van der Waals surface area contributed by atoms with Gasteiger partial charge in [0.05, 0.1) is 0 Å². The highest BCUT2D eigenvalue weighted by Gasteiger charge is 2.09. The average Bonchev–Trinajstić information content (AvgIpc) is 3.13. The number of amides is 1. The van der Waals surface area contributed by atoms with Gasteiger partial charge in [-0.3, -0.25) is 9.59 Å². The molecule has 0 spiro atoms. The van der Waals surface area contributed by atoms with Crippen LogP contribution in [0.15, 0.2) is 35.0 Å². The van der Waals surface area contributed by atoms with Crippen LogP contribution in [0, 0.1) is 6.92 Å². The van der Waals surface area contributed by atoms with Crippen LogP contribution < -0.4 is 5.32 Å². The van der Waals surface area contributed by atoms with Crippen LogP contribution in [-0.2, 0) is 27.5 Å². The third kappa shape index (κ3) is 4.21. The van der Waals surface area contributed by atoms with Crippen LogP contribution in [0.5, 0.6) is 0 Å². The number of carbonyl (C=O) groups is 2. The summed E-state index contributed by atoms with van der Waals surface area (Å²) >= 11 is 0. The van der Waals surface area contributed by atoms with Gasteiger partial charge < -0.3 is 24.3 Å². The summed E-state index contributed by atoms with van der Waals surface area (Å²) in [4.78, 5) is 26.7. The smallest absolute Gasteiger partial charge is 0.323 e. The number of nitrogens with zero attached hydrogens (tertiary/aromatic N) is 3. The molecule has 2 N–H and O–H groups in total. The van der Waals surface area contributed by atoms with E-state index in [9.17, 15) is 9.59 Å². The van der Waals surface area contributed by atoms with Gasteiger partial charge in [-0.2, -0.15) is 4.98 Å². The number of benzene rings is 1. The molecule has 25 heavy (non-hydrogen) atoms. The SMILES string of the molecule is Cc1noc(COCC(=O)Nc2ccc3c(ccn3CC(=O)O)c2)n1. The molecule has 3 aromatic rings. The molecular weight excluding hydrogens is 328 g/mol. The second-order valence-corrected chi connectivity index (χ2v) is 5.39. The Bertz CT molecular complexity index is 914. The fraction of sp³-hybridized carbons (Fsp3) is 0.250. The van der Waals surface area contributed by atoms with Gasteiger partial charge in [0.2, 0.25) is 5.91 Å². The van der Waals surface area contributed by atoms with E-state index in [1.165, 1.54) is 0 Å². The highest BCUT2D eigenvalue weighted by atomic mass is 16.5. The molecule has 0 radical (unpaired) electrons. The first-order valence-electron chi connectivity index (χ1n) is 7.49. The quantitative estimate of drug-likeness (QED) is 0.667. The Balaban J connectivity index is 1.56. The lowest BCUT2D eigenvalue weighted by atomic mass is 10.2. The van der Waals surface area contributed by atoms with Crippen molar-refractivity contribution in [1.82, 2.24) is 14.7 Å². The van der Waals surface area contributed by atoms with Crippen molar-refractivity contribution in [3.63, 3.8) is 0 Å². The first kappa shape index (κ1) is 16.7. The predicted molar refractivity (Wildman–Crippen MR) is 86.9 cm³/mol. The molecular formula is C16H16N4O5. The van der Waals surface area contributed by atoms with E-state index in [2.05, 4.69) is 15.5 Å². The highest BCUT2D eigenvalue weighted by molar-refractivity contribution is 5.94. The summed E-state index contributed by atoms with van der Waals surface area (Å²) in [5.41, 5.74) is 1.38. The molecule has 3 rings (SSSR count). The van der Waals surface area contributed by atoms with Crippen molar-refractivity contribution < 1.29 is 24.0 Å². The predicted octanol–water partition coefficient (Wildman–Crippen LogP) is 1.57. The van der Waals surface area contributed by atoms with Gasteiger partial charge in [0.25, 0.3) is 5.89 Å². The normalized spacial score (nSPS) is 10.9. The summed E-state index contributed by atoms with van der Waals surface area (Å²) in [7, 11) is 0. The molecule has 0 fully saturated rings. The number of aliphatic carboxylic acids is 1. The van der Waals surface area contributed by atoms with Crippen LogP contribution in [0.3, 0.4) is 0 Å². The number of fused-ring (bicyclic) bond motifs is 1. The van der Waals surface area contributed by atoms with Crippen molar-refractivity contribution in [1.29, 1.82) is 0 Å². The number of anilines is 1. The number of carbonyl (C=O) groups excluding carboxylic acids is 1. The van der Waals surface area contributed by atoms with Crippen LogP contribution >= 0.6 is 0 Å². The first-order valence-corrected chi connectivity index (χ1v) is 7.49. The van der Waals surface area contributed by atoms with E-state index in [0.29, 0.717) is 17.4 Å². The number of aromatic nitrogens is 3. The molecule has 1 aromatic carbocycles. The lowest BCUT2D eigenvalue weighted by molar-refractivity contribution is -0.137. The van der Waals surface area contributed by atoms with Crippen molar-refractivity contribution in [3.05, 3.63) is 42.2 Å². The van der Waals surface area contributed by atoms with Crippen molar-refractivity contribution in [2.45, 2.75) is 20.1 Å². The minimum Gasteiger partial charge on any atom is -0.480 e. The summed E-state index contributed by atoms with van der Waals surface area (Å²) < 4.78 is 11.7. The molecule has 9 nitrogen and oxygen atoms in total. The molecule has 1 amide bonds. The maximum atomic E-state index is 11.9. The number of carboxylic acids is 1. The largest absolute Gasteiger partial charge is 0.480 e. The van der Waals surface area contributed by atoms with Crippen molar-refractivity contribution in [3.8, 4) is 0 Å². The minimum absolute atomic E-state index is 0.0608. The Kier molecular flexibility index (Phi) is 4.75. The zero-order valence-electron chi connectivity index (χ0n) is 13.4. The van der Waals surface area contributed by atoms with Gasteiger partial charge >= 0.3 is 5.97 Å². The lowest BCUT2D eigenvalue weighted by Gasteiger charge is -2.06. The Morgan fingerprint density at radius 3 is 2.92 bits per heavy atom. The van der Waals surface area contributed by atoms with Gasteiger partial charge in [-0.15, -0.1) is 0 Å². The molecule has 0 saturated carbocycles. The van der Waals surface area contributed by atoms with E-state index in [-0.39, 0.29) is 25.7 Å². The van der Waals surface area contributed by atoms with E-state index in [1.807, 2.05) is 0 Å². The van der Waals surface area contributed by atoms with Crippen LogP contribution in [0.2, 0.25) is 0 Å². The van der Waals surface area contributed by atoms with Gasteiger partial charge in [0.1, 0.15) is 19.8 Å². The van der Waals surface area contributed by atoms with Crippen molar-refractivity contribution in [2.75, 3.05) is 11.9 Å². The zero-order chi connectivity index (χ0) is 17.8. The second kappa shape index (κ2) is 7.14. The number of hydrogen-bond donors (Lipinski definition) is 2. The van der Waals surface area contributed by atoms with Crippen LogP contribution in [0.25, 0.3) is 10.9 Å². The molecule has 0 saturated heterocycles. The molecule has 0 aliphatic heterocycles. The third-order valence-electron chi connectivity index (χ3n) is 3.39. The fourth-order valence-electron chi connectivity index (χ4n) is 2.39. The summed E-state index contributed by atoms with van der Waals surface area (Å²) in [5.74, 6) is -0.415. The summed E-state index contributed by atoms with van der Waals surface area (Å²) in [6, 6.07) is 7.03. The maximum absolute atomic E-state index is 11.9. The van der Waals surface area contributed by atoms with Crippen LogP contribution in [-0.4, -0.2) is 38.3 Å². The molecule has 0 aliphatic carbocycles. The summed E-state index contributed by atoms with van der Waals surface area (Å²) in [6.45, 7) is 1.49. The number of nitrogens with one attached hydrogen (secondary N) is 1. The Hall–Kier alpha value is -3.20. The second-order valence-electron chi connectivity index (χ2n) is 5.39. The van der Waals surface area contributed by atoms with E-state index in [1.54, 1.807) is 42.0 Å². The lowest BCUT2D eigenvalue weighted by Crippen LogP contribution is -2.18. The van der Waals surface area contributed by atoms with Crippen molar-refractivity contribution in [2.24, 2.45) is 0 Å². The molecule has 0 unspecified atom stereocenters. The summed E-state index contributed by atoms with van der Waals surface area (Å²) in [5, 5.41) is 16.1. The standard InChI is InChI=1S/C16H16N4O5/c1-10-17-15(25-19-10)9-24-8-14(21)18-12-2-3-13-11(6-12)4-5-20(13)7-16(22)23/h2-6H,7-9H2,1H3,(H,18,21)(H,22,23). The Morgan fingerprint density at radius 2 is 2.20 bits per heavy atom. The topological polar surface area (TPSA) is 119 Å². The number of ether oxygens (including phenoxy) is 1. The van der Waals surface area contributed by atoms with E-state index < -0.39 is 5.97 Å². The fourth-order valence-corrected chi connectivity index (χ4v) is 2.39. The molecule has 2 heterocycles. The average molecular weight is 344 g/mol. The molecule has 0 atom stereocenters. The molecule has 2 aromatic heterocycles. The molecule has 0 bridgehead atoms. The number of rotatable bonds is 7. The number of aryl methyl sites for hydroxylation is 1. The Morgan fingerprint density at radius 1 is 1.36 bits per heavy atom. The third-order valence-corrected chi connectivity index (χ3v) is 3.39. The van der Waals surface area contributed by atoms with E-state index in [0.717, 1.165) is 10.9 Å². The monoisotopic (exact) mass is 344 g/mol. The highest BCUT2D eigenvalue weighted by Crippen LogP contribution is 2.20. The van der Waals surface area contributed by atoms with Crippen LogP contribution in [0.4, 0.5) is 5.69 Å². The van der Waals surface area contributed by atoms with Gasteiger partial charge in [0, 0.05) is 22.8 Å². The van der Waals surface area contributed by atoms with Crippen molar-refractivity contribution >= 4 is 28.5 Å². The van der Waals surface area contributed by atoms with E-state index in [4.69, 9.17) is 14.4 Å². The Labute approximate surface area is 142 Å². The maximum Gasteiger partial charge on any atom is 0.323 e. The minimum atomic E-state index is -0.913. The number of carboxylic acid groups (broad SMARTS) is 1. The first-order chi connectivity index (χ1) is 12.0.